The van der Waals surface area contributed by atoms with Crippen molar-refractivity contribution in [3.63, 3.8) is 0 Å². The van der Waals surface area contributed by atoms with E-state index in [0.29, 0.717) is 11.4 Å². The smallest absolute Gasteiger partial charge is 0.342 e. The van der Waals surface area contributed by atoms with Gasteiger partial charge in [-0.15, -0.1) is 0 Å². The fraction of sp³-hybridized carbons (Fsp3) is 0.222. The number of ether oxygens (including phenoxy) is 2. The molecule has 0 saturated heterocycles. The first-order valence-electron chi connectivity index (χ1n) is 7.23. The molecular formula is C18H19NO4. The highest BCUT2D eigenvalue weighted by atomic mass is 16.5. The van der Waals surface area contributed by atoms with E-state index in [4.69, 9.17) is 9.47 Å². The average Bonchev–Trinajstić information content (AvgIpc) is 2.56. The largest absolute Gasteiger partial charge is 0.496 e. The number of rotatable bonds is 5. The van der Waals surface area contributed by atoms with E-state index < -0.39 is 18.0 Å². The van der Waals surface area contributed by atoms with Crippen molar-refractivity contribution < 1.29 is 19.1 Å². The molecule has 1 amide bonds. The Bertz CT molecular complexity index is 694. The summed E-state index contributed by atoms with van der Waals surface area (Å²) in [4.78, 5) is 24.3. The van der Waals surface area contributed by atoms with Crippen LogP contribution in [0.25, 0.3) is 0 Å². The first-order chi connectivity index (χ1) is 11.0. The summed E-state index contributed by atoms with van der Waals surface area (Å²) in [7, 11) is 1.47. The number of aryl methyl sites for hydroxylation is 1. The van der Waals surface area contributed by atoms with Gasteiger partial charge in [0.2, 0.25) is 0 Å². The van der Waals surface area contributed by atoms with Crippen LogP contribution < -0.4 is 10.1 Å². The van der Waals surface area contributed by atoms with Gasteiger partial charge >= 0.3 is 5.97 Å². The quantitative estimate of drug-likeness (QED) is 0.861. The van der Waals surface area contributed by atoms with Gasteiger partial charge in [-0.1, -0.05) is 29.8 Å². The lowest BCUT2D eigenvalue weighted by Crippen LogP contribution is -2.30. The van der Waals surface area contributed by atoms with Crippen molar-refractivity contribution in [2.24, 2.45) is 0 Å². The van der Waals surface area contributed by atoms with Crippen LogP contribution in [0.4, 0.5) is 5.69 Å². The summed E-state index contributed by atoms with van der Waals surface area (Å²) in [6, 6.07) is 14.1. The van der Waals surface area contributed by atoms with Crippen molar-refractivity contribution in [1.82, 2.24) is 0 Å². The average molecular weight is 313 g/mol. The van der Waals surface area contributed by atoms with Crippen LogP contribution >= 0.6 is 0 Å². The third-order valence-electron chi connectivity index (χ3n) is 3.30. The van der Waals surface area contributed by atoms with Gasteiger partial charge in [-0.3, -0.25) is 4.79 Å². The second kappa shape index (κ2) is 7.45. The monoisotopic (exact) mass is 313 g/mol. The zero-order valence-electron chi connectivity index (χ0n) is 13.3. The number of para-hydroxylation sites is 1. The number of carbonyl (C=O) groups excluding carboxylic acids is 2. The zero-order valence-corrected chi connectivity index (χ0v) is 13.3. The highest BCUT2D eigenvalue weighted by molar-refractivity contribution is 5.98. The first kappa shape index (κ1) is 16.5. The molecule has 2 rings (SSSR count). The third kappa shape index (κ3) is 4.32. The molecule has 23 heavy (non-hydrogen) atoms. The van der Waals surface area contributed by atoms with E-state index in [0.717, 1.165) is 5.56 Å². The van der Waals surface area contributed by atoms with Crippen molar-refractivity contribution in [2.45, 2.75) is 20.0 Å². The number of hydrogen-bond donors (Lipinski definition) is 1. The lowest BCUT2D eigenvalue weighted by molar-refractivity contribution is -0.123. The molecule has 0 saturated carbocycles. The van der Waals surface area contributed by atoms with Gasteiger partial charge in [-0.05, 0) is 38.1 Å². The molecule has 0 aliphatic rings. The van der Waals surface area contributed by atoms with E-state index in [-0.39, 0.29) is 5.56 Å². The molecule has 0 aromatic heterocycles. The molecule has 2 aromatic carbocycles. The van der Waals surface area contributed by atoms with Gasteiger partial charge in [-0.25, -0.2) is 4.79 Å². The molecule has 0 aliphatic heterocycles. The Hall–Kier alpha value is -2.82. The van der Waals surface area contributed by atoms with Gasteiger partial charge < -0.3 is 14.8 Å². The number of benzene rings is 2. The normalized spacial score (nSPS) is 11.4. The summed E-state index contributed by atoms with van der Waals surface area (Å²) in [5.41, 5.74) is 2.03. The molecule has 0 spiro atoms. The minimum Gasteiger partial charge on any atom is -0.496 e. The lowest BCUT2D eigenvalue weighted by atomic mass is 10.2. The molecule has 5 heteroatoms. The van der Waals surface area contributed by atoms with E-state index >= 15 is 0 Å². The Morgan fingerprint density at radius 2 is 1.70 bits per heavy atom. The van der Waals surface area contributed by atoms with E-state index in [1.807, 2.05) is 19.1 Å². The summed E-state index contributed by atoms with van der Waals surface area (Å²) >= 11 is 0. The minimum atomic E-state index is -0.922. The minimum absolute atomic E-state index is 0.282. The highest BCUT2D eigenvalue weighted by Crippen LogP contribution is 2.19. The molecule has 1 N–H and O–H groups in total. The third-order valence-corrected chi connectivity index (χ3v) is 3.30. The van der Waals surface area contributed by atoms with E-state index in [2.05, 4.69) is 5.32 Å². The number of anilines is 1. The molecule has 2 aromatic rings. The Morgan fingerprint density at radius 3 is 2.35 bits per heavy atom. The van der Waals surface area contributed by atoms with Gasteiger partial charge in [-0.2, -0.15) is 0 Å². The predicted molar refractivity (Wildman–Crippen MR) is 87.7 cm³/mol. The Balaban J connectivity index is 2.00. The molecule has 0 fully saturated rings. The molecule has 0 bridgehead atoms. The van der Waals surface area contributed by atoms with Crippen molar-refractivity contribution in [3.8, 4) is 5.75 Å². The van der Waals surface area contributed by atoms with Gasteiger partial charge in [0.15, 0.2) is 6.10 Å². The van der Waals surface area contributed by atoms with Gasteiger partial charge in [0.05, 0.1) is 7.11 Å². The van der Waals surface area contributed by atoms with Crippen LogP contribution in [0.2, 0.25) is 0 Å². The number of esters is 1. The maximum Gasteiger partial charge on any atom is 0.342 e. The molecular weight excluding hydrogens is 294 g/mol. The number of methoxy groups -OCH3 is 1. The van der Waals surface area contributed by atoms with E-state index in [1.165, 1.54) is 14.0 Å². The number of hydrogen-bond acceptors (Lipinski definition) is 4. The second-order valence-electron chi connectivity index (χ2n) is 5.10. The topological polar surface area (TPSA) is 64.6 Å². The van der Waals surface area contributed by atoms with Crippen LogP contribution in [0.5, 0.6) is 5.75 Å². The maximum absolute atomic E-state index is 12.2. The van der Waals surface area contributed by atoms with Crippen LogP contribution in [0, 0.1) is 6.92 Å². The summed E-state index contributed by atoms with van der Waals surface area (Å²) < 4.78 is 10.3. The van der Waals surface area contributed by atoms with Crippen molar-refractivity contribution in [3.05, 3.63) is 59.7 Å². The summed E-state index contributed by atoms with van der Waals surface area (Å²) in [5, 5.41) is 2.71. The molecule has 0 aliphatic carbocycles. The van der Waals surface area contributed by atoms with E-state index in [1.54, 1.807) is 36.4 Å². The number of amides is 1. The second-order valence-corrected chi connectivity index (χ2v) is 5.10. The fourth-order valence-corrected chi connectivity index (χ4v) is 1.97. The molecule has 5 nitrogen and oxygen atoms in total. The molecule has 120 valence electrons. The summed E-state index contributed by atoms with van der Waals surface area (Å²) in [6.45, 7) is 3.49. The van der Waals surface area contributed by atoms with Gasteiger partial charge in [0, 0.05) is 5.69 Å². The van der Waals surface area contributed by atoms with E-state index in [9.17, 15) is 9.59 Å². The first-order valence-corrected chi connectivity index (χ1v) is 7.23. The van der Waals surface area contributed by atoms with Crippen molar-refractivity contribution in [2.75, 3.05) is 12.4 Å². The van der Waals surface area contributed by atoms with Crippen LogP contribution in [0.15, 0.2) is 48.5 Å². The predicted octanol–water partition coefficient (Wildman–Crippen LogP) is 3.19. The summed E-state index contributed by atoms with van der Waals surface area (Å²) in [5.74, 6) is -0.588. The van der Waals surface area contributed by atoms with Crippen molar-refractivity contribution in [1.29, 1.82) is 0 Å². The summed E-state index contributed by atoms with van der Waals surface area (Å²) in [6.07, 6.45) is -0.922. The van der Waals surface area contributed by atoms with Crippen LogP contribution in [-0.4, -0.2) is 25.1 Å². The molecule has 1 unspecified atom stereocenters. The molecule has 0 radical (unpaired) electrons. The molecule has 1 atom stereocenters. The fourth-order valence-electron chi connectivity index (χ4n) is 1.97. The Labute approximate surface area is 135 Å². The Kier molecular flexibility index (Phi) is 5.36. The lowest BCUT2D eigenvalue weighted by Gasteiger charge is -2.14. The standard InChI is InChI=1S/C18H19NO4/c1-12-8-10-14(11-9-12)19-17(20)13(2)23-18(21)15-6-4-5-7-16(15)22-3/h4-11,13H,1-3H3,(H,19,20). The van der Waals surface area contributed by atoms with Crippen LogP contribution in [-0.2, 0) is 9.53 Å². The Morgan fingerprint density at radius 1 is 1.04 bits per heavy atom. The molecule has 0 heterocycles. The van der Waals surface area contributed by atoms with Crippen LogP contribution in [0.1, 0.15) is 22.8 Å². The number of carbonyl (C=O) groups is 2. The van der Waals surface area contributed by atoms with Gasteiger partial charge in [0.1, 0.15) is 11.3 Å². The SMILES string of the molecule is COc1ccccc1C(=O)OC(C)C(=O)Nc1ccc(C)cc1. The zero-order chi connectivity index (χ0) is 16.8. The van der Waals surface area contributed by atoms with Crippen LogP contribution in [0.3, 0.4) is 0 Å². The maximum atomic E-state index is 12.2. The highest BCUT2D eigenvalue weighted by Gasteiger charge is 2.21. The van der Waals surface area contributed by atoms with Crippen molar-refractivity contribution >= 4 is 17.6 Å². The number of nitrogens with one attached hydrogen (secondary N) is 1. The van der Waals surface area contributed by atoms with Gasteiger partial charge in [0.25, 0.3) is 5.91 Å².